The van der Waals surface area contributed by atoms with Crippen molar-refractivity contribution in [3.63, 3.8) is 0 Å². The van der Waals surface area contributed by atoms with E-state index in [2.05, 4.69) is 10.1 Å². The number of alkyl halides is 1. The van der Waals surface area contributed by atoms with E-state index in [9.17, 15) is 9.59 Å². The molecule has 1 heterocycles. The van der Waals surface area contributed by atoms with Gasteiger partial charge < -0.3 is 0 Å². The summed E-state index contributed by atoms with van der Waals surface area (Å²) >= 11 is 23.6. The first-order valence-electron chi connectivity index (χ1n) is 7.23. The van der Waals surface area contributed by atoms with Crippen LogP contribution >= 0.6 is 46.4 Å². The molecule has 0 bridgehead atoms. The predicted molar refractivity (Wildman–Crippen MR) is 101 cm³/mol. The van der Waals surface area contributed by atoms with Gasteiger partial charge in [-0.05, 0) is 41.9 Å². The largest absolute Gasteiger partial charge is 0.291 e. The lowest BCUT2D eigenvalue weighted by atomic mass is 10.0. The summed E-state index contributed by atoms with van der Waals surface area (Å²) in [7, 11) is 0. The highest BCUT2D eigenvalue weighted by Crippen LogP contribution is 2.26. The molecule has 0 radical (unpaired) electrons. The summed E-state index contributed by atoms with van der Waals surface area (Å²) in [6.07, 6.45) is 0. The van der Waals surface area contributed by atoms with Gasteiger partial charge in [-0.2, -0.15) is 0 Å². The Kier molecular flexibility index (Phi) is 5.63. The molecule has 0 amide bonds. The van der Waals surface area contributed by atoms with Crippen LogP contribution < -0.4 is 0 Å². The molecule has 132 valence electrons. The third-order valence-electron chi connectivity index (χ3n) is 3.52. The first kappa shape index (κ1) is 18.9. The Bertz CT molecular complexity index is 1020. The molecule has 0 atom stereocenters. The smallest absolute Gasteiger partial charge is 0.288 e. The number of hydrogen-bond donors (Lipinski definition) is 0. The lowest BCUT2D eigenvalue weighted by Crippen LogP contribution is -2.11. The summed E-state index contributed by atoms with van der Waals surface area (Å²) in [6, 6.07) is 11.3. The van der Waals surface area contributed by atoms with Gasteiger partial charge in [-0.3, -0.25) is 9.59 Å². The number of carbonyl (C=O) groups excluding carboxylic acids is 2. The van der Waals surface area contributed by atoms with Crippen LogP contribution in [-0.4, -0.2) is 25.8 Å². The number of carbonyl (C=O) groups is 2. The average molecular weight is 429 g/mol. The van der Waals surface area contributed by atoms with E-state index in [1.807, 2.05) is 0 Å². The van der Waals surface area contributed by atoms with E-state index in [-0.39, 0.29) is 28.9 Å². The van der Waals surface area contributed by atoms with Gasteiger partial charge in [-0.15, -0.1) is 16.7 Å². The first-order chi connectivity index (χ1) is 12.4. The molecule has 0 fully saturated rings. The van der Waals surface area contributed by atoms with Gasteiger partial charge in [-0.1, -0.05) is 35.3 Å². The summed E-state index contributed by atoms with van der Waals surface area (Å²) in [5.41, 5.74) is 0.890. The van der Waals surface area contributed by atoms with Crippen LogP contribution in [-0.2, 0) is 5.88 Å². The number of ketones is 1. The number of nitrogens with zero attached hydrogens (tertiary/aromatic N) is 3. The number of hydrogen-bond acceptors (Lipinski definition) is 4. The Morgan fingerprint density at radius 1 is 1.04 bits per heavy atom. The molecular weight excluding hydrogens is 420 g/mol. The average Bonchev–Trinajstić information content (AvgIpc) is 3.06. The summed E-state index contributed by atoms with van der Waals surface area (Å²) in [5.74, 6) is -0.359. The molecule has 3 rings (SSSR count). The van der Waals surface area contributed by atoms with Gasteiger partial charge in [0.25, 0.3) is 5.24 Å². The first-order valence-corrected chi connectivity index (χ1v) is 8.90. The minimum atomic E-state index is -0.830. The minimum Gasteiger partial charge on any atom is -0.288 e. The third kappa shape index (κ3) is 3.62. The molecule has 0 saturated heterocycles. The van der Waals surface area contributed by atoms with Crippen LogP contribution in [0.25, 0.3) is 5.69 Å². The Labute approximate surface area is 168 Å². The molecule has 0 spiro atoms. The predicted octanol–water partition coefficient (Wildman–Crippen LogP) is 4.92. The number of rotatable bonds is 5. The quantitative estimate of drug-likeness (QED) is 0.328. The molecule has 2 aromatic carbocycles. The molecule has 1 aromatic heterocycles. The topological polar surface area (TPSA) is 64.8 Å². The zero-order valence-corrected chi connectivity index (χ0v) is 15.9. The summed E-state index contributed by atoms with van der Waals surface area (Å²) < 4.78 is 1.29. The van der Waals surface area contributed by atoms with Gasteiger partial charge in [0.05, 0.1) is 16.6 Å². The molecule has 0 unspecified atom stereocenters. The second kappa shape index (κ2) is 7.76. The van der Waals surface area contributed by atoms with Gasteiger partial charge in [0, 0.05) is 16.1 Å². The molecule has 3 aromatic rings. The Hall–Kier alpha value is -1.92. The highest BCUT2D eigenvalue weighted by Gasteiger charge is 2.22. The van der Waals surface area contributed by atoms with Gasteiger partial charge in [0.1, 0.15) is 5.82 Å². The van der Waals surface area contributed by atoms with E-state index in [0.717, 1.165) is 0 Å². The lowest BCUT2D eigenvalue weighted by molar-refractivity contribution is 0.103. The standard InChI is InChI=1S/C17H9Cl4N3O2/c18-8-14-22-17(16(21)26)23-24(14)13-6-5-9(19)7-11(13)15(25)10-3-1-2-4-12(10)20/h1-7H,8H2. The van der Waals surface area contributed by atoms with Crippen LogP contribution in [0.5, 0.6) is 0 Å². The normalized spacial score (nSPS) is 10.8. The Morgan fingerprint density at radius 3 is 2.42 bits per heavy atom. The van der Waals surface area contributed by atoms with Crippen molar-refractivity contribution in [1.82, 2.24) is 14.8 Å². The van der Waals surface area contributed by atoms with Crippen molar-refractivity contribution >= 4 is 57.4 Å². The Morgan fingerprint density at radius 2 is 1.77 bits per heavy atom. The zero-order valence-electron chi connectivity index (χ0n) is 12.9. The van der Waals surface area contributed by atoms with E-state index in [1.54, 1.807) is 36.4 Å². The van der Waals surface area contributed by atoms with E-state index in [4.69, 9.17) is 46.4 Å². The van der Waals surface area contributed by atoms with Crippen molar-refractivity contribution in [1.29, 1.82) is 0 Å². The Balaban J connectivity index is 2.21. The molecular formula is C17H9Cl4N3O2. The molecule has 0 aliphatic carbocycles. The maximum Gasteiger partial charge on any atom is 0.291 e. The second-order valence-corrected chi connectivity index (χ2v) is 6.60. The number of benzene rings is 2. The molecule has 26 heavy (non-hydrogen) atoms. The van der Waals surface area contributed by atoms with E-state index in [1.165, 1.54) is 10.7 Å². The highest BCUT2D eigenvalue weighted by molar-refractivity contribution is 6.67. The van der Waals surface area contributed by atoms with Gasteiger partial charge in [0.15, 0.2) is 5.78 Å². The van der Waals surface area contributed by atoms with Gasteiger partial charge in [-0.25, -0.2) is 9.67 Å². The van der Waals surface area contributed by atoms with Crippen molar-refractivity contribution in [2.75, 3.05) is 0 Å². The van der Waals surface area contributed by atoms with E-state index < -0.39 is 5.24 Å². The van der Waals surface area contributed by atoms with Crippen LogP contribution in [0.15, 0.2) is 42.5 Å². The van der Waals surface area contributed by atoms with Crippen LogP contribution in [0.1, 0.15) is 32.4 Å². The van der Waals surface area contributed by atoms with Crippen LogP contribution in [0.3, 0.4) is 0 Å². The molecule has 5 nitrogen and oxygen atoms in total. The van der Waals surface area contributed by atoms with E-state index in [0.29, 0.717) is 21.3 Å². The van der Waals surface area contributed by atoms with Crippen molar-refractivity contribution in [2.24, 2.45) is 0 Å². The maximum atomic E-state index is 13.0. The highest BCUT2D eigenvalue weighted by atomic mass is 35.5. The maximum absolute atomic E-state index is 13.0. The molecule has 9 heteroatoms. The second-order valence-electron chi connectivity index (χ2n) is 5.14. The van der Waals surface area contributed by atoms with Crippen LogP contribution in [0.2, 0.25) is 10.0 Å². The zero-order chi connectivity index (χ0) is 18.8. The van der Waals surface area contributed by atoms with Gasteiger partial charge in [0.2, 0.25) is 5.82 Å². The summed E-state index contributed by atoms with van der Waals surface area (Å²) in [5, 5.41) is 3.87. The summed E-state index contributed by atoms with van der Waals surface area (Å²) in [6.45, 7) is 0. The molecule has 0 aliphatic heterocycles. The fraction of sp³-hybridized carbons (Fsp3) is 0.0588. The van der Waals surface area contributed by atoms with Crippen LogP contribution in [0, 0.1) is 0 Å². The van der Waals surface area contributed by atoms with E-state index >= 15 is 0 Å². The molecule has 0 saturated carbocycles. The van der Waals surface area contributed by atoms with Crippen LogP contribution in [0.4, 0.5) is 0 Å². The summed E-state index contributed by atoms with van der Waals surface area (Å²) in [4.78, 5) is 28.4. The van der Waals surface area contributed by atoms with Crippen molar-refractivity contribution in [3.8, 4) is 5.69 Å². The number of halogens is 4. The molecule has 0 aliphatic rings. The molecule has 0 N–H and O–H groups in total. The number of aromatic nitrogens is 3. The fourth-order valence-electron chi connectivity index (χ4n) is 2.37. The van der Waals surface area contributed by atoms with Crippen molar-refractivity contribution in [3.05, 3.63) is 75.3 Å². The third-order valence-corrected chi connectivity index (χ3v) is 4.49. The monoisotopic (exact) mass is 427 g/mol. The minimum absolute atomic E-state index is 0.0421. The fourth-order valence-corrected chi connectivity index (χ4v) is 3.02. The SMILES string of the molecule is O=C(Cl)c1nc(CCl)n(-c2ccc(Cl)cc2C(=O)c2ccccc2Cl)n1. The lowest BCUT2D eigenvalue weighted by Gasteiger charge is -2.11. The van der Waals surface area contributed by atoms with Crippen molar-refractivity contribution in [2.45, 2.75) is 5.88 Å². The van der Waals surface area contributed by atoms with Gasteiger partial charge >= 0.3 is 0 Å². The van der Waals surface area contributed by atoms with Crippen molar-refractivity contribution < 1.29 is 9.59 Å².